The molecule has 0 radical (unpaired) electrons. The van der Waals surface area contributed by atoms with Crippen LogP contribution in [0.15, 0.2) is 6.58 Å². The largest absolute Gasteiger partial charge is 0.521 e. The molecule has 1 nitrogen and oxygen atoms in total. The van der Waals surface area contributed by atoms with Crippen LogP contribution in [-0.2, 0) is 25.2 Å². The Morgan fingerprint density at radius 2 is 0.900 bits per heavy atom. The fourth-order valence-corrected chi connectivity index (χ4v) is 0. The molecule has 4 heteroatoms. The predicted octanol–water partition coefficient (Wildman–Crippen LogP) is -0.0322. The molecule has 74 valence electrons. The molecule has 0 saturated heterocycles. The zero-order valence-electron chi connectivity index (χ0n) is 8.01. The number of hydrogen-bond acceptors (Lipinski definition) is 1. The minimum absolute atomic E-state index is 0. The van der Waals surface area contributed by atoms with Crippen LogP contribution in [0, 0.1) is 36.3 Å². The minimum Gasteiger partial charge on any atom is -0.521 e. The van der Waals surface area contributed by atoms with Crippen LogP contribution >= 0.6 is 0 Å². The average molecular weight is 360 g/mol. The predicted molar refractivity (Wildman–Crippen MR) is 56.5 cm³/mol. The summed E-state index contributed by atoms with van der Waals surface area (Å²) in [5, 5.41) is 0. The van der Waals surface area contributed by atoms with Crippen molar-refractivity contribution in [1.29, 1.82) is 0 Å². The molecule has 0 atom stereocenters. The van der Waals surface area contributed by atoms with E-state index in [0.29, 0.717) is 0 Å². The van der Waals surface area contributed by atoms with Gasteiger partial charge >= 0.3 is 0 Å². The molecule has 0 bridgehead atoms. The van der Waals surface area contributed by atoms with E-state index in [-0.39, 0.29) is 50.8 Å². The molecule has 0 fully saturated rings. The van der Waals surface area contributed by atoms with Gasteiger partial charge in [-0.25, -0.2) is 0 Å². The Morgan fingerprint density at radius 3 is 0.900 bits per heavy atom. The molecule has 0 N–H and O–H groups in total. The molecule has 0 heterocycles. The summed E-state index contributed by atoms with van der Waals surface area (Å²) in [5.74, 6) is 0. The van der Waals surface area contributed by atoms with Gasteiger partial charge in [0.15, 0.2) is 0 Å². The quantitative estimate of drug-likeness (QED) is 0.435. The minimum atomic E-state index is 0. The molecule has 0 aliphatic rings. The van der Waals surface area contributed by atoms with Gasteiger partial charge in [-0.05, 0) is 0 Å². The second-order valence-electron chi connectivity index (χ2n) is 0.408. The first-order valence-electron chi connectivity index (χ1n) is 1.22. The van der Waals surface area contributed by atoms with Crippen LogP contribution in [-0.4, -0.2) is 21.0 Å². The van der Waals surface area contributed by atoms with Crippen molar-refractivity contribution in [3.05, 3.63) is 42.9 Å². The molecule has 10 heavy (non-hydrogen) atoms. The molecule has 0 aromatic rings. The van der Waals surface area contributed by atoms with Gasteiger partial charge in [0.1, 0.15) is 21.0 Å². The van der Waals surface area contributed by atoms with Crippen LogP contribution in [0.2, 0.25) is 0 Å². The third-order valence-electron chi connectivity index (χ3n) is 0. The van der Waals surface area contributed by atoms with Crippen LogP contribution in [0.5, 0.6) is 0 Å². The van der Waals surface area contributed by atoms with Crippen LogP contribution in [0.4, 0.5) is 0 Å². The van der Waals surface area contributed by atoms with Gasteiger partial charge < -0.3 is 40.4 Å². The summed E-state index contributed by atoms with van der Waals surface area (Å²) < 4.78 is 4.53. The van der Waals surface area contributed by atoms with Gasteiger partial charge in [0.25, 0.3) is 0 Å². The maximum absolute atomic E-state index is 4.53. The Balaban J connectivity index is -0.00000000246. The van der Waals surface area contributed by atoms with Crippen LogP contribution in [0.3, 0.4) is 0 Å². The molecule has 0 amide bonds. The summed E-state index contributed by atoms with van der Waals surface area (Å²) in [6, 6.07) is 0. The second-order valence-corrected chi connectivity index (χ2v) is 3.67. The Hall–Kier alpha value is 0.822. The monoisotopic (exact) mass is 360 g/mol. The normalized spacial score (nSPS) is 2.80. The van der Waals surface area contributed by atoms with Crippen molar-refractivity contribution in [1.82, 2.24) is 0 Å². The van der Waals surface area contributed by atoms with E-state index >= 15 is 0 Å². The third kappa shape index (κ3) is 799. The van der Waals surface area contributed by atoms with Gasteiger partial charge in [0.2, 0.25) is 0 Å². The Labute approximate surface area is 89.0 Å². The molecule has 0 saturated carbocycles. The van der Waals surface area contributed by atoms with Gasteiger partial charge in [-0.1, -0.05) is 0 Å². The molecular formula is C6H21OPtSi2-5. The summed E-state index contributed by atoms with van der Waals surface area (Å²) in [4.78, 5) is 0. The summed E-state index contributed by atoms with van der Waals surface area (Å²) in [6.45, 7) is 7.00. The van der Waals surface area contributed by atoms with Crippen molar-refractivity contribution in [3.8, 4) is 0 Å². The fraction of sp³-hybridized carbons (Fsp3) is 0. The fourth-order valence-electron chi connectivity index (χ4n) is 0. The second kappa shape index (κ2) is 230. The van der Waals surface area contributed by atoms with Crippen LogP contribution in [0.25, 0.3) is 0 Å². The molecule has 0 spiro atoms. The molecular weight excluding hydrogens is 339 g/mol. The van der Waals surface area contributed by atoms with Gasteiger partial charge in [-0.3, -0.25) is 6.58 Å². The van der Waals surface area contributed by atoms with Crippen molar-refractivity contribution in [3.63, 3.8) is 0 Å². The van der Waals surface area contributed by atoms with Crippen LogP contribution in [0.1, 0.15) is 0 Å². The summed E-state index contributed by atoms with van der Waals surface area (Å²) >= 11 is 0. The van der Waals surface area contributed by atoms with Gasteiger partial charge in [-0.15, -0.1) is 0 Å². The molecule has 0 aliphatic carbocycles. The van der Waals surface area contributed by atoms with Gasteiger partial charge in [0, 0.05) is 21.1 Å². The van der Waals surface area contributed by atoms with E-state index < -0.39 is 0 Å². The van der Waals surface area contributed by atoms with Gasteiger partial charge in [-0.2, -0.15) is 0 Å². The molecule has 0 aromatic carbocycles. The van der Waals surface area contributed by atoms with E-state index in [0.717, 1.165) is 21.0 Å². The van der Waals surface area contributed by atoms with Crippen LogP contribution < -0.4 is 0 Å². The first kappa shape index (κ1) is 71.5. The Kier molecular flexibility index (Phi) is 1650. The maximum Gasteiger partial charge on any atom is 0.129 e. The number of rotatable bonds is 0. The molecule has 0 aliphatic heterocycles. The van der Waals surface area contributed by atoms with Crippen molar-refractivity contribution >= 4 is 21.0 Å². The first-order chi connectivity index (χ1) is 2.41. The van der Waals surface area contributed by atoms with Crippen molar-refractivity contribution in [2.24, 2.45) is 0 Å². The van der Waals surface area contributed by atoms with E-state index in [9.17, 15) is 0 Å². The molecule has 0 aromatic heterocycles. The zero-order valence-corrected chi connectivity index (χ0v) is 14.3. The molecule has 0 unspecified atom stereocenters. The van der Waals surface area contributed by atoms with Crippen molar-refractivity contribution in [2.45, 2.75) is 0 Å². The average Bonchev–Trinajstić information content (AvgIpc) is 1.46. The van der Waals surface area contributed by atoms with E-state index in [1.807, 2.05) is 0 Å². The smallest absolute Gasteiger partial charge is 0.129 e. The SMILES string of the molecule is [CH-]=C.[CH3-].[CH3-].[CH3-].[CH3-].[Pt].[SiH3]O[SiH3]. The standard InChI is InChI=1S/C2H3.4CH3.H6OSi2.Pt/c1-2;;;;;2-1-3;/h1H,2H2;4*1H3;2-3H3;/q5*-1;;. The zero-order chi connectivity index (χ0) is 4.71. The molecule has 0 rings (SSSR count). The van der Waals surface area contributed by atoms with Crippen molar-refractivity contribution in [2.75, 3.05) is 0 Å². The Morgan fingerprint density at radius 1 is 0.900 bits per heavy atom. The maximum atomic E-state index is 4.53. The van der Waals surface area contributed by atoms with Gasteiger partial charge in [0.05, 0.1) is 0 Å². The third-order valence-corrected chi connectivity index (χ3v) is 0. The summed E-state index contributed by atoms with van der Waals surface area (Å²) in [6.07, 6.45) is 0. The van der Waals surface area contributed by atoms with Crippen molar-refractivity contribution < 1.29 is 25.2 Å². The Bertz CT molecular complexity index is 19.7. The summed E-state index contributed by atoms with van der Waals surface area (Å²) in [5.41, 5.74) is 0. The van der Waals surface area contributed by atoms with E-state index in [2.05, 4.69) is 17.3 Å². The number of hydrogen-bond donors (Lipinski definition) is 0. The first-order valence-corrected chi connectivity index (χ1v) is 2.86. The van der Waals surface area contributed by atoms with E-state index in [4.69, 9.17) is 0 Å². The van der Waals surface area contributed by atoms with E-state index in [1.54, 1.807) is 0 Å². The summed E-state index contributed by atoms with van der Waals surface area (Å²) in [7, 11) is 1.86. The topological polar surface area (TPSA) is 9.23 Å². The van der Waals surface area contributed by atoms with E-state index in [1.165, 1.54) is 0 Å².